The fourth-order valence-electron chi connectivity index (χ4n) is 8.83. The second-order valence-corrected chi connectivity index (χ2v) is 20.3. The molecule has 332 valence electrons. The van der Waals surface area contributed by atoms with Crippen LogP contribution in [-0.2, 0) is 25.5 Å². The van der Waals surface area contributed by atoms with E-state index in [9.17, 15) is 23.7 Å². The number of piperidine rings is 2. The van der Waals surface area contributed by atoms with Crippen LogP contribution in [0.3, 0.4) is 0 Å². The molecule has 1 atom stereocenters. The molecule has 3 fully saturated rings. The van der Waals surface area contributed by atoms with E-state index in [0.29, 0.717) is 95.5 Å². The molecule has 8 rings (SSSR count). The standard InChI is InChI=1S/C45H53ClN9O7P/c1-61-38-26-31(10-13-35(38)49-45-47-27-34(46)42(51-45)48-36-7-4-5-8-39(36)63(2,3)60)52-18-16-30(17-19-52)53-20-22-54(23-21-53)41(57)9-6-24-62-32-11-12-33-29(25-32)28-55(44(33)59)37-14-15-40(56)50-43(37)58/h4-5,7-8,10-13,25-27,30,37H,6,9,14-24,28H2,1-3H3,(H,50,56,58)(H2,47,48,49,51). The summed E-state index contributed by atoms with van der Waals surface area (Å²) in [6, 6.07) is 18.6. The monoisotopic (exact) mass is 897 g/mol. The minimum Gasteiger partial charge on any atom is -0.494 e. The smallest absolute Gasteiger partial charge is 0.255 e. The van der Waals surface area contributed by atoms with Gasteiger partial charge in [-0.05, 0) is 87.0 Å². The molecule has 3 aromatic carbocycles. The van der Waals surface area contributed by atoms with Crippen LogP contribution in [-0.4, -0.2) is 127 Å². The molecule has 3 saturated heterocycles. The van der Waals surface area contributed by atoms with Gasteiger partial charge in [-0.15, -0.1) is 0 Å². The summed E-state index contributed by atoms with van der Waals surface area (Å²) in [5.74, 6) is 1.15. The predicted molar refractivity (Wildman–Crippen MR) is 243 cm³/mol. The van der Waals surface area contributed by atoms with Crippen LogP contribution in [0.1, 0.15) is 54.4 Å². The number of piperazine rings is 1. The van der Waals surface area contributed by atoms with E-state index in [1.54, 1.807) is 32.6 Å². The van der Waals surface area contributed by atoms with Gasteiger partial charge in [0.1, 0.15) is 29.7 Å². The van der Waals surface area contributed by atoms with Crippen LogP contribution in [0.15, 0.2) is 66.9 Å². The van der Waals surface area contributed by atoms with Crippen LogP contribution >= 0.6 is 18.7 Å². The van der Waals surface area contributed by atoms with Gasteiger partial charge in [-0.2, -0.15) is 4.98 Å². The highest BCUT2D eigenvalue weighted by Crippen LogP contribution is 2.39. The number of imide groups is 1. The summed E-state index contributed by atoms with van der Waals surface area (Å²) in [5.41, 5.74) is 3.77. The van der Waals surface area contributed by atoms with Crippen molar-refractivity contribution in [2.75, 3.05) is 81.8 Å². The number of benzene rings is 3. The SMILES string of the molecule is COc1cc(N2CCC(N3CCN(C(=O)CCCOc4ccc5c(c4)CN(C4CCC(=O)NC4=O)C5=O)CC3)CC2)ccc1Nc1ncc(Cl)c(Nc2ccccc2P(C)(C)=O)n1. The highest BCUT2D eigenvalue weighted by molar-refractivity contribution is 7.70. The molecule has 16 nitrogen and oxygen atoms in total. The normalized spacial score (nSPS) is 18.6. The number of aromatic nitrogens is 2. The van der Waals surface area contributed by atoms with Gasteiger partial charge in [0.15, 0.2) is 5.82 Å². The first-order valence-corrected chi connectivity index (χ1v) is 24.4. The first-order chi connectivity index (χ1) is 30.3. The van der Waals surface area contributed by atoms with Gasteiger partial charge >= 0.3 is 0 Å². The Balaban J connectivity index is 0.765. The molecule has 1 unspecified atom stereocenters. The van der Waals surface area contributed by atoms with E-state index in [0.717, 1.165) is 50.3 Å². The van der Waals surface area contributed by atoms with E-state index < -0.39 is 19.1 Å². The van der Waals surface area contributed by atoms with Crippen LogP contribution in [0.4, 0.5) is 28.8 Å². The zero-order chi connectivity index (χ0) is 44.3. The van der Waals surface area contributed by atoms with Crippen molar-refractivity contribution in [3.8, 4) is 11.5 Å². The number of para-hydroxylation sites is 1. The molecule has 0 spiro atoms. The van der Waals surface area contributed by atoms with Gasteiger partial charge in [-0.25, -0.2) is 4.98 Å². The number of anilines is 5. The number of ether oxygens (including phenoxy) is 2. The number of hydrogen-bond donors (Lipinski definition) is 3. The summed E-state index contributed by atoms with van der Waals surface area (Å²) >= 11 is 6.48. The van der Waals surface area contributed by atoms with Crippen LogP contribution in [0, 0.1) is 0 Å². The van der Waals surface area contributed by atoms with E-state index in [1.165, 1.54) is 11.1 Å². The molecule has 5 heterocycles. The fourth-order valence-corrected chi connectivity index (χ4v) is 10.1. The third-order valence-corrected chi connectivity index (χ3v) is 14.1. The first kappa shape index (κ1) is 43.9. The lowest BCUT2D eigenvalue weighted by Gasteiger charge is -2.43. The largest absolute Gasteiger partial charge is 0.494 e. The molecular formula is C45H53ClN9O7P. The average molecular weight is 898 g/mol. The lowest BCUT2D eigenvalue weighted by atomic mass is 10.0. The van der Waals surface area contributed by atoms with Crippen molar-refractivity contribution in [1.29, 1.82) is 0 Å². The number of fused-ring (bicyclic) bond motifs is 1. The maximum Gasteiger partial charge on any atom is 0.255 e. The van der Waals surface area contributed by atoms with Crippen LogP contribution < -0.4 is 35.6 Å². The number of carbonyl (C=O) groups excluding carboxylic acids is 4. The van der Waals surface area contributed by atoms with Crippen molar-refractivity contribution in [2.45, 2.75) is 57.2 Å². The maximum atomic E-state index is 13.1. The maximum absolute atomic E-state index is 13.1. The van der Waals surface area contributed by atoms with Gasteiger partial charge in [0.25, 0.3) is 5.91 Å². The van der Waals surface area contributed by atoms with Crippen LogP contribution in [0.2, 0.25) is 5.02 Å². The van der Waals surface area contributed by atoms with Crippen molar-refractivity contribution < 1.29 is 33.2 Å². The minimum atomic E-state index is -2.56. The summed E-state index contributed by atoms with van der Waals surface area (Å²) in [5, 5.41) is 9.87. The number of carbonyl (C=O) groups is 4. The second-order valence-electron chi connectivity index (χ2n) is 16.7. The van der Waals surface area contributed by atoms with Gasteiger partial charge < -0.3 is 39.4 Å². The van der Waals surface area contributed by atoms with Gasteiger partial charge in [-0.1, -0.05) is 23.7 Å². The molecule has 3 N–H and O–H groups in total. The molecule has 0 radical (unpaired) electrons. The van der Waals surface area contributed by atoms with Crippen molar-refractivity contribution in [3.63, 3.8) is 0 Å². The fraction of sp³-hybridized carbons (Fsp3) is 0.422. The van der Waals surface area contributed by atoms with Crippen LogP contribution in [0.5, 0.6) is 11.5 Å². The van der Waals surface area contributed by atoms with E-state index >= 15 is 0 Å². The van der Waals surface area contributed by atoms with Gasteiger partial charge in [-0.3, -0.25) is 29.4 Å². The highest BCUT2D eigenvalue weighted by Gasteiger charge is 2.39. The van der Waals surface area contributed by atoms with E-state index in [2.05, 4.69) is 41.8 Å². The summed E-state index contributed by atoms with van der Waals surface area (Å²) < 4.78 is 24.7. The Labute approximate surface area is 372 Å². The van der Waals surface area contributed by atoms with Crippen molar-refractivity contribution >= 4 is 76.5 Å². The number of amides is 4. The molecule has 0 saturated carbocycles. The third-order valence-electron chi connectivity index (χ3n) is 12.2. The lowest BCUT2D eigenvalue weighted by Crippen LogP contribution is -2.54. The molecule has 4 aliphatic rings. The molecule has 18 heteroatoms. The highest BCUT2D eigenvalue weighted by atomic mass is 35.5. The number of nitrogens with zero attached hydrogens (tertiary/aromatic N) is 6. The zero-order valence-corrected chi connectivity index (χ0v) is 37.4. The number of methoxy groups -OCH3 is 1. The van der Waals surface area contributed by atoms with Crippen molar-refractivity contribution in [2.24, 2.45) is 0 Å². The zero-order valence-electron chi connectivity index (χ0n) is 35.8. The number of rotatable bonds is 14. The molecule has 63 heavy (non-hydrogen) atoms. The van der Waals surface area contributed by atoms with Gasteiger partial charge in [0.2, 0.25) is 23.7 Å². The van der Waals surface area contributed by atoms with E-state index in [-0.39, 0.29) is 30.7 Å². The first-order valence-electron chi connectivity index (χ1n) is 21.4. The lowest BCUT2D eigenvalue weighted by molar-refractivity contribution is -0.137. The summed E-state index contributed by atoms with van der Waals surface area (Å²) in [4.78, 5) is 67.5. The molecule has 0 bridgehead atoms. The number of hydrogen-bond acceptors (Lipinski definition) is 13. The third kappa shape index (κ3) is 10.1. The molecule has 4 aliphatic heterocycles. The minimum absolute atomic E-state index is 0.130. The van der Waals surface area contributed by atoms with E-state index in [4.69, 9.17) is 21.1 Å². The Morgan fingerprint density at radius 2 is 1.71 bits per heavy atom. The van der Waals surface area contributed by atoms with E-state index in [1.807, 2.05) is 47.4 Å². The Hall–Kier alpha value is -5.70. The quantitative estimate of drug-likeness (QED) is 0.0810. The summed E-state index contributed by atoms with van der Waals surface area (Å²) in [7, 11) is -0.922. The topological polar surface area (TPSA) is 179 Å². The van der Waals surface area contributed by atoms with Gasteiger partial charge in [0, 0.05) is 87.3 Å². The average Bonchev–Trinajstić information content (AvgIpc) is 3.60. The molecule has 0 aliphatic carbocycles. The predicted octanol–water partition coefficient (Wildman–Crippen LogP) is 5.61. The molecule has 1 aromatic heterocycles. The van der Waals surface area contributed by atoms with Crippen molar-refractivity contribution in [3.05, 3.63) is 83.0 Å². The summed E-state index contributed by atoms with van der Waals surface area (Å²) in [6.07, 6.45) is 5.05. The molecular weight excluding hydrogens is 845 g/mol. The second kappa shape index (κ2) is 19.0. The summed E-state index contributed by atoms with van der Waals surface area (Å²) in [6.45, 7) is 9.01. The molecule has 4 aromatic rings. The molecule has 4 amide bonds. The number of nitrogens with one attached hydrogen (secondary N) is 3. The van der Waals surface area contributed by atoms with Crippen molar-refractivity contribution in [1.82, 2.24) is 30.0 Å². The Kier molecular flexibility index (Phi) is 13.2. The Morgan fingerprint density at radius 1 is 0.937 bits per heavy atom. The van der Waals surface area contributed by atoms with Crippen LogP contribution in [0.25, 0.3) is 0 Å². The number of halogens is 1. The Morgan fingerprint density at radius 3 is 2.46 bits per heavy atom. The van der Waals surface area contributed by atoms with Gasteiger partial charge in [0.05, 0.1) is 31.3 Å². The Bertz CT molecular complexity index is 2430.